The maximum atomic E-state index is 4.37. The van der Waals surface area contributed by atoms with Gasteiger partial charge in [0, 0.05) is 18.0 Å². The Morgan fingerprint density at radius 1 is 1.22 bits per heavy atom. The molecule has 0 amide bonds. The van der Waals surface area contributed by atoms with E-state index in [1.165, 1.54) is 0 Å². The Bertz CT molecular complexity index is 512. The van der Waals surface area contributed by atoms with E-state index in [-0.39, 0.29) is 6.04 Å². The first-order valence-electron chi connectivity index (χ1n) is 6.02. The lowest BCUT2D eigenvalue weighted by Crippen LogP contribution is -2.24. The Morgan fingerprint density at radius 3 is 2.72 bits per heavy atom. The number of aromatic nitrogens is 4. The van der Waals surface area contributed by atoms with Crippen LogP contribution in [0.25, 0.3) is 0 Å². The van der Waals surface area contributed by atoms with Gasteiger partial charge in [0.05, 0.1) is 29.3 Å². The second-order valence-corrected chi connectivity index (χ2v) is 4.15. The van der Waals surface area contributed by atoms with E-state index in [9.17, 15) is 0 Å². The molecule has 2 aromatic heterocycles. The topological polar surface area (TPSA) is 63.6 Å². The second-order valence-electron chi connectivity index (χ2n) is 4.15. The molecule has 0 aliphatic rings. The fourth-order valence-electron chi connectivity index (χ4n) is 1.90. The van der Waals surface area contributed by atoms with E-state index in [2.05, 4.69) is 32.4 Å². The highest BCUT2D eigenvalue weighted by atomic mass is 15.1. The number of nitrogens with zero attached hydrogens (tertiary/aromatic N) is 4. The highest BCUT2D eigenvalue weighted by molar-refractivity contribution is 5.30. The molecule has 1 unspecified atom stereocenters. The van der Waals surface area contributed by atoms with Crippen molar-refractivity contribution >= 4 is 0 Å². The van der Waals surface area contributed by atoms with E-state index in [4.69, 9.17) is 0 Å². The van der Waals surface area contributed by atoms with Crippen molar-refractivity contribution in [1.29, 1.82) is 0 Å². The third-order valence-electron chi connectivity index (χ3n) is 2.74. The minimum absolute atomic E-state index is 0.0119. The van der Waals surface area contributed by atoms with Crippen LogP contribution in [0.2, 0.25) is 0 Å². The van der Waals surface area contributed by atoms with Crippen molar-refractivity contribution in [2.45, 2.75) is 26.8 Å². The summed E-state index contributed by atoms with van der Waals surface area (Å²) in [4.78, 5) is 8.50. The van der Waals surface area contributed by atoms with Gasteiger partial charge in [-0.2, -0.15) is 10.2 Å². The van der Waals surface area contributed by atoms with Crippen LogP contribution in [0.4, 0.5) is 0 Å². The Balaban J connectivity index is 2.44. The molecule has 5 heteroatoms. The molecule has 0 aromatic carbocycles. The van der Waals surface area contributed by atoms with Crippen LogP contribution in [-0.4, -0.2) is 26.7 Å². The summed E-state index contributed by atoms with van der Waals surface area (Å²) in [5.41, 5.74) is 3.82. The minimum Gasteiger partial charge on any atom is -0.305 e. The van der Waals surface area contributed by atoms with Crippen molar-refractivity contribution in [3.8, 4) is 0 Å². The van der Waals surface area contributed by atoms with E-state index < -0.39 is 0 Å². The smallest absolute Gasteiger partial charge is 0.0802 e. The van der Waals surface area contributed by atoms with Crippen LogP contribution in [0.1, 0.15) is 35.6 Å². The van der Waals surface area contributed by atoms with Crippen LogP contribution in [0.5, 0.6) is 0 Å². The molecule has 0 bridgehead atoms. The molecule has 0 saturated heterocycles. The zero-order valence-electron chi connectivity index (χ0n) is 10.9. The summed E-state index contributed by atoms with van der Waals surface area (Å²) in [6, 6.07) is 2.06. The summed E-state index contributed by atoms with van der Waals surface area (Å²) < 4.78 is 0. The van der Waals surface area contributed by atoms with Gasteiger partial charge in [-0.05, 0) is 26.5 Å². The molecule has 94 valence electrons. The third-order valence-corrected chi connectivity index (χ3v) is 2.74. The summed E-state index contributed by atoms with van der Waals surface area (Å²) >= 11 is 0. The summed E-state index contributed by atoms with van der Waals surface area (Å²) in [5, 5.41) is 11.6. The summed E-state index contributed by atoms with van der Waals surface area (Å²) in [6.07, 6.45) is 5.16. The van der Waals surface area contributed by atoms with Gasteiger partial charge >= 0.3 is 0 Å². The molecule has 2 aromatic rings. The molecule has 2 rings (SSSR count). The van der Waals surface area contributed by atoms with Crippen LogP contribution in [0.3, 0.4) is 0 Å². The number of nitrogens with one attached hydrogen (secondary N) is 1. The van der Waals surface area contributed by atoms with E-state index in [0.29, 0.717) is 0 Å². The molecule has 0 fully saturated rings. The van der Waals surface area contributed by atoms with Gasteiger partial charge in [-0.1, -0.05) is 6.92 Å². The molecule has 0 radical (unpaired) electrons. The van der Waals surface area contributed by atoms with Crippen molar-refractivity contribution < 1.29 is 0 Å². The molecular weight excluding hydrogens is 226 g/mol. The molecule has 2 heterocycles. The fourth-order valence-corrected chi connectivity index (χ4v) is 1.90. The Hall–Kier alpha value is -1.88. The maximum absolute atomic E-state index is 4.37. The van der Waals surface area contributed by atoms with Crippen LogP contribution < -0.4 is 5.32 Å². The van der Waals surface area contributed by atoms with Crippen LogP contribution in [0, 0.1) is 13.8 Å². The number of aryl methyl sites for hydroxylation is 2. The fraction of sp³-hybridized carbons (Fsp3) is 0.385. The molecule has 0 spiro atoms. The number of hydrogen-bond donors (Lipinski definition) is 1. The molecule has 5 nitrogen and oxygen atoms in total. The second kappa shape index (κ2) is 5.64. The van der Waals surface area contributed by atoms with Crippen LogP contribution >= 0.6 is 0 Å². The highest BCUT2D eigenvalue weighted by Crippen LogP contribution is 2.21. The minimum atomic E-state index is 0.0119. The van der Waals surface area contributed by atoms with Crippen LogP contribution in [-0.2, 0) is 0 Å². The molecule has 1 atom stereocenters. The average Bonchev–Trinajstić information content (AvgIpc) is 2.40. The average molecular weight is 243 g/mol. The van der Waals surface area contributed by atoms with Gasteiger partial charge < -0.3 is 5.32 Å². The predicted octanol–water partition coefficient (Wildman–Crippen LogP) is 1.58. The number of hydrogen-bond acceptors (Lipinski definition) is 5. The maximum Gasteiger partial charge on any atom is 0.0802 e. The molecule has 0 aliphatic heterocycles. The van der Waals surface area contributed by atoms with Gasteiger partial charge in [0.2, 0.25) is 0 Å². The Morgan fingerprint density at radius 2 is 2.06 bits per heavy atom. The van der Waals surface area contributed by atoms with E-state index >= 15 is 0 Å². The Kier molecular flexibility index (Phi) is 3.94. The van der Waals surface area contributed by atoms with Crippen molar-refractivity contribution in [1.82, 2.24) is 25.5 Å². The monoisotopic (exact) mass is 243 g/mol. The van der Waals surface area contributed by atoms with E-state index in [0.717, 1.165) is 29.2 Å². The summed E-state index contributed by atoms with van der Waals surface area (Å²) in [6.45, 7) is 6.82. The third kappa shape index (κ3) is 2.68. The van der Waals surface area contributed by atoms with Gasteiger partial charge in [-0.15, -0.1) is 0 Å². The summed E-state index contributed by atoms with van der Waals surface area (Å²) in [7, 11) is 0. The van der Waals surface area contributed by atoms with Crippen molar-refractivity contribution in [2.75, 3.05) is 6.54 Å². The molecule has 18 heavy (non-hydrogen) atoms. The zero-order chi connectivity index (χ0) is 13.0. The molecule has 1 N–H and O–H groups in total. The standard InChI is InChI=1S/C13H17N5/c1-4-15-13(12-8-14-5-6-16-12)11-7-9(2)17-18-10(11)3/h5-8,13,15H,4H2,1-3H3. The van der Waals surface area contributed by atoms with Crippen molar-refractivity contribution in [3.05, 3.63) is 47.3 Å². The van der Waals surface area contributed by atoms with Gasteiger partial charge in [-0.25, -0.2) is 0 Å². The van der Waals surface area contributed by atoms with Gasteiger partial charge in [0.25, 0.3) is 0 Å². The van der Waals surface area contributed by atoms with Gasteiger partial charge in [0.1, 0.15) is 0 Å². The first kappa shape index (κ1) is 12.6. The van der Waals surface area contributed by atoms with Crippen LogP contribution in [0.15, 0.2) is 24.7 Å². The first-order valence-corrected chi connectivity index (χ1v) is 6.02. The lowest BCUT2D eigenvalue weighted by molar-refractivity contribution is 0.603. The molecule has 0 saturated carbocycles. The van der Waals surface area contributed by atoms with Gasteiger partial charge in [-0.3, -0.25) is 9.97 Å². The van der Waals surface area contributed by atoms with E-state index in [1.807, 2.05) is 19.9 Å². The highest BCUT2D eigenvalue weighted by Gasteiger charge is 2.17. The summed E-state index contributed by atoms with van der Waals surface area (Å²) in [5.74, 6) is 0. The first-order chi connectivity index (χ1) is 8.72. The molecular formula is C13H17N5. The zero-order valence-corrected chi connectivity index (χ0v) is 10.9. The predicted molar refractivity (Wildman–Crippen MR) is 69.1 cm³/mol. The lowest BCUT2D eigenvalue weighted by atomic mass is 10.0. The van der Waals surface area contributed by atoms with Gasteiger partial charge in [0.15, 0.2) is 0 Å². The quantitative estimate of drug-likeness (QED) is 0.883. The Labute approximate surface area is 107 Å². The normalized spacial score (nSPS) is 12.4. The van der Waals surface area contributed by atoms with Crippen molar-refractivity contribution in [3.63, 3.8) is 0 Å². The largest absolute Gasteiger partial charge is 0.305 e. The molecule has 0 aliphatic carbocycles. The van der Waals surface area contributed by atoms with Crippen molar-refractivity contribution in [2.24, 2.45) is 0 Å². The van der Waals surface area contributed by atoms with E-state index in [1.54, 1.807) is 18.6 Å². The SMILES string of the molecule is CCNC(c1cnccn1)c1cc(C)nnc1C. The number of rotatable bonds is 4. The lowest BCUT2D eigenvalue weighted by Gasteiger charge is -2.18.